The van der Waals surface area contributed by atoms with Crippen molar-refractivity contribution in [3.05, 3.63) is 0 Å². The molecule has 0 atom stereocenters. The molecular weight excluding hydrogens is 506 g/mol. The molecule has 0 heterocycles. The summed E-state index contributed by atoms with van der Waals surface area (Å²) >= 11 is 0. The van der Waals surface area contributed by atoms with Crippen LogP contribution in [0.15, 0.2) is 0 Å². The van der Waals surface area contributed by atoms with Crippen molar-refractivity contribution in [1.29, 1.82) is 0 Å². The van der Waals surface area contributed by atoms with Crippen molar-refractivity contribution in [2.75, 3.05) is 0 Å². The first kappa shape index (κ1) is 26.7. The Morgan fingerprint density at radius 2 is 1.00 bits per heavy atom. The molecule has 0 amide bonds. The molecule has 0 radical (unpaired) electrons. The van der Waals surface area contributed by atoms with Crippen LogP contribution in [0.5, 0.6) is 0 Å². The largest absolute Gasteiger partial charge is 2.00 e. The van der Waals surface area contributed by atoms with Gasteiger partial charge in [0.15, 0.2) is 0 Å². The molecule has 0 aliphatic heterocycles. The van der Waals surface area contributed by atoms with Crippen molar-refractivity contribution >= 4 is 23.7 Å². The maximum absolute atomic E-state index is 0. The van der Waals surface area contributed by atoms with Gasteiger partial charge in [0.1, 0.15) is 0 Å². The second-order valence-corrected chi connectivity index (χ2v) is 0. The zero-order valence-electron chi connectivity index (χ0n) is 2.53. The van der Waals surface area contributed by atoms with Crippen LogP contribution in [0.4, 0.5) is 0 Å². The van der Waals surface area contributed by atoms with Crippen molar-refractivity contribution in [3.63, 3.8) is 0 Å². The van der Waals surface area contributed by atoms with Crippen LogP contribution in [0.2, 0.25) is 0 Å². The van der Waals surface area contributed by atoms with Crippen molar-refractivity contribution in [3.8, 4) is 0 Å². The van der Waals surface area contributed by atoms with Gasteiger partial charge in [-0.15, -0.1) is 0 Å². The summed E-state index contributed by atoms with van der Waals surface area (Å²) < 4.78 is 0. The van der Waals surface area contributed by atoms with E-state index >= 15 is 0 Å². The molecule has 0 fully saturated rings. The summed E-state index contributed by atoms with van der Waals surface area (Å²) in [5, 5.41) is 0. The van der Waals surface area contributed by atoms with Crippen LogP contribution in [-0.2, 0) is 74.4 Å². The zero-order valence-corrected chi connectivity index (χ0v) is 17.4. The molecule has 0 spiro atoms. The number of rotatable bonds is 0. The predicted octanol–water partition coefficient (Wildman–Crippen LogP) is -0.388. The third kappa shape index (κ3) is 8.99. The second-order valence-electron chi connectivity index (χ2n) is 0. The zero-order chi connectivity index (χ0) is 0. The molecule has 4 heteroatoms. The van der Waals surface area contributed by atoms with E-state index in [9.17, 15) is 0 Å². The molecule has 0 saturated heterocycles. The summed E-state index contributed by atoms with van der Waals surface area (Å²) in [5.41, 5.74) is 0. The number of hydrogen-bond acceptors (Lipinski definition) is 0. The molecule has 0 rings (SSSR count). The molecule has 0 aromatic heterocycles. The Balaban J connectivity index is 0. The smallest absolute Gasteiger partial charge is 2.00 e. The molecule has 0 aliphatic carbocycles. The Hall–Kier alpha value is 3.27. The molecule has 4 heavy (non-hydrogen) atoms. The van der Waals surface area contributed by atoms with E-state index in [1.54, 1.807) is 0 Å². The van der Waals surface area contributed by atoms with Crippen LogP contribution in [0.1, 0.15) is 0 Å². The molecular formula is CdHgTeZn. The van der Waals surface area contributed by atoms with E-state index in [-0.39, 0.29) is 98.1 Å². The van der Waals surface area contributed by atoms with Gasteiger partial charge in [-0.05, 0) is 0 Å². The van der Waals surface area contributed by atoms with E-state index in [1.165, 1.54) is 0 Å². The Kier molecular flexibility index (Phi) is 109. The van der Waals surface area contributed by atoms with Gasteiger partial charge in [-0.25, -0.2) is 0 Å². The Labute approximate surface area is 96.0 Å². The van der Waals surface area contributed by atoms with Crippen molar-refractivity contribution in [1.82, 2.24) is 0 Å². The van der Waals surface area contributed by atoms with Crippen LogP contribution in [0.25, 0.3) is 0 Å². The Bertz CT molecular complexity index is 8.00. The molecule has 0 nitrogen and oxygen atoms in total. The van der Waals surface area contributed by atoms with E-state index in [1.807, 2.05) is 0 Å². The first-order chi connectivity index (χ1) is 0. The van der Waals surface area contributed by atoms with Crippen LogP contribution < -0.4 is 0 Å². The molecule has 0 aromatic carbocycles. The summed E-state index contributed by atoms with van der Waals surface area (Å²) in [5.74, 6) is 0. The average molecular weight is 506 g/mol. The van der Waals surface area contributed by atoms with Gasteiger partial charge >= 0.3 is 19.5 Å². The van der Waals surface area contributed by atoms with E-state index in [0.29, 0.717) is 0 Å². The molecule has 0 bridgehead atoms. The molecule has 12 valence electrons. The maximum atomic E-state index is 0. The van der Waals surface area contributed by atoms with E-state index in [2.05, 4.69) is 0 Å². The quantitative estimate of drug-likeness (QED) is 0.394. The summed E-state index contributed by atoms with van der Waals surface area (Å²) in [4.78, 5) is 0. The van der Waals surface area contributed by atoms with Gasteiger partial charge in [-0.2, -0.15) is 0 Å². The minimum Gasteiger partial charge on any atom is -2.00 e. The van der Waals surface area contributed by atoms with Gasteiger partial charge in [-0.3, -0.25) is 0 Å². The van der Waals surface area contributed by atoms with Crippen LogP contribution in [-0.4, -0.2) is 23.7 Å². The van der Waals surface area contributed by atoms with Gasteiger partial charge in [-0.1, -0.05) is 0 Å². The monoisotopic (exact) mass is 510 g/mol. The minimum atomic E-state index is 0. The molecule has 0 aromatic rings. The third-order valence-corrected chi connectivity index (χ3v) is 0. The van der Waals surface area contributed by atoms with Crippen molar-refractivity contribution in [2.45, 2.75) is 0 Å². The standard InChI is InChI=1S/Cd.Hg.Te.Zn/q;;-2;+2. The van der Waals surface area contributed by atoms with E-state index < -0.39 is 0 Å². The van der Waals surface area contributed by atoms with Crippen LogP contribution in [0.3, 0.4) is 0 Å². The minimum absolute atomic E-state index is 0. The summed E-state index contributed by atoms with van der Waals surface area (Å²) in [6.07, 6.45) is 0. The average Bonchev–Trinajstić information content (AvgIpc) is 0. The fourth-order valence-electron chi connectivity index (χ4n) is 0. The van der Waals surface area contributed by atoms with E-state index in [4.69, 9.17) is 0 Å². The fourth-order valence-corrected chi connectivity index (χ4v) is 0. The molecule has 0 N–H and O–H groups in total. The van der Waals surface area contributed by atoms with Crippen molar-refractivity contribution in [2.24, 2.45) is 0 Å². The van der Waals surface area contributed by atoms with Gasteiger partial charge in [0.2, 0.25) is 0 Å². The molecule has 0 saturated carbocycles. The summed E-state index contributed by atoms with van der Waals surface area (Å²) in [7, 11) is 0. The van der Waals surface area contributed by atoms with Gasteiger partial charge in [0, 0.05) is 55.0 Å². The SMILES string of the molecule is [Cd].[Hg].[Te-2].[Zn+2]. The first-order valence-corrected chi connectivity index (χ1v) is 0. The first-order valence-electron chi connectivity index (χ1n) is 0. The topological polar surface area (TPSA) is 0 Å². The normalized spacial score (nSPS) is 0. The molecule has 0 unspecified atom stereocenters. The fraction of sp³-hybridized carbons (Fsp3) is 0. The second kappa shape index (κ2) is 16.3. The number of hydrogen-bond donors (Lipinski definition) is 0. The Morgan fingerprint density at radius 1 is 1.00 bits per heavy atom. The predicted molar refractivity (Wildman–Crippen MR) is 5.75 cm³/mol. The maximum Gasteiger partial charge on any atom is 2.00 e. The van der Waals surface area contributed by atoms with Gasteiger partial charge in [0.05, 0.1) is 0 Å². The van der Waals surface area contributed by atoms with Crippen molar-refractivity contribution < 1.29 is 74.4 Å². The summed E-state index contributed by atoms with van der Waals surface area (Å²) in [6.45, 7) is 0. The van der Waals surface area contributed by atoms with Crippen LogP contribution >= 0.6 is 0 Å². The summed E-state index contributed by atoms with van der Waals surface area (Å²) in [6, 6.07) is 0. The van der Waals surface area contributed by atoms with Gasteiger partial charge < -0.3 is 23.7 Å². The molecule has 0 aliphatic rings. The van der Waals surface area contributed by atoms with Crippen LogP contribution in [0, 0.1) is 0 Å². The Morgan fingerprint density at radius 3 is 1.00 bits per heavy atom. The third-order valence-electron chi connectivity index (χ3n) is 0. The van der Waals surface area contributed by atoms with E-state index in [0.717, 1.165) is 0 Å². The van der Waals surface area contributed by atoms with Gasteiger partial charge in [0.25, 0.3) is 0 Å².